The maximum atomic E-state index is 10.8. The van der Waals surface area contributed by atoms with Gasteiger partial charge in [-0.05, 0) is 54.5 Å². The fourth-order valence-corrected chi connectivity index (χ4v) is 2.91. The Morgan fingerprint density at radius 3 is 2.75 bits per heavy atom. The van der Waals surface area contributed by atoms with Crippen molar-refractivity contribution in [3.05, 3.63) is 26.3 Å². The highest BCUT2D eigenvalue weighted by molar-refractivity contribution is 9.10. The maximum absolute atomic E-state index is 10.8. The number of aliphatic hydroxyl groups is 1. The minimum Gasteiger partial charge on any atom is -0.393 e. The zero-order valence-electron chi connectivity index (χ0n) is 11.3. The van der Waals surface area contributed by atoms with Crippen molar-refractivity contribution in [1.82, 2.24) is 4.98 Å². The molecule has 1 aliphatic carbocycles. The van der Waals surface area contributed by atoms with Crippen molar-refractivity contribution >= 4 is 27.4 Å². The molecule has 1 aliphatic rings. The average molecular weight is 344 g/mol. The summed E-state index contributed by atoms with van der Waals surface area (Å²) in [7, 11) is 0. The van der Waals surface area contributed by atoms with Crippen LogP contribution in [0.15, 0.2) is 10.7 Å². The van der Waals surface area contributed by atoms with Crippen molar-refractivity contribution in [1.29, 1.82) is 0 Å². The quantitative estimate of drug-likeness (QED) is 0.647. The normalized spacial score (nSPS) is 22.6. The number of halogens is 1. The number of nitro groups is 1. The van der Waals surface area contributed by atoms with Gasteiger partial charge < -0.3 is 10.4 Å². The van der Waals surface area contributed by atoms with Crippen LogP contribution in [-0.2, 0) is 0 Å². The van der Waals surface area contributed by atoms with Crippen LogP contribution in [0.2, 0.25) is 0 Å². The monoisotopic (exact) mass is 343 g/mol. The standard InChI is InChI=1S/C13H18BrN3O3/c1-8-11(17(19)20)7-16-13(12(8)14)15-6-9-2-4-10(18)5-3-9/h7,9-10,18H,2-6H2,1H3,(H,15,16). The Bertz CT molecular complexity index is 502. The lowest BCUT2D eigenvalue weighted by Crippen LogP contribution is -2.24. The Morgan fingerprint density at radius 2 is 2.15 bits per heavy atom. The van der Waals surface area contributed by atoms with E-state index in [1.54, 1.807) is 6.92 Å². The SMILES string of the molecule is Cc1c([N+](=O)[O-])cnc(NCC2CCC(O)CC2)c1Br. The van der Waals surface area contributed by atoms with Gasteiger partial charge in [0.15, 0.2) is 0 Å². The molecular formula is C13H18BrN3O3. The van der Waals surface area contributed by atoms with Crippen LogP contribution in [-0.4, -0.2) is 27.7 Å². The Labute approximate surface area is 125 Å². The molecule has 1 heterocycles. The van der Waals surface area contributed by atoms with Crippen molar-refractivity contribution in [3.8, 4) is 0 Å². The van der Waals surface area contributed by atoms with Crippen LogP contribution < -0.4 is 5.32 Å². The summed E-state index contributed by atoms with van der Waals surface area (Å²) in [6.07, 6.45) is 4.82. The first-order valence-corrected chi connectivity index (χ1v) is 7.49. The van der Waals surface area contributed by atoms with Gasteiger partial charge in [0.25, 0.3) is 5.69 Å². The molecule has 1 saturated carbocycles. The number of aromatic nitrogens is 1. The summed E-state index contributed by atoms with van der Waals surface area (Å²) < 4.78 is 0.641. The highest BCUT2D eigenvalue weighted by Gasteiger charge is 2.21. The van der Waals surface area contributed by atoms with Crippen molar-refractivity contribution in [3.63, 3.8) is 0 Å². The first kappa shape index (κ1) is 15.2. The number of nitrogens with one attached hydrogen (secondary N) is 1. The van der Waals surface area contributed by atoms with Crippen LogP contribution in [0.5, 0.6) is 0 Å². The van der Waals surface area contributed by atoms with E-state index in [-0.39, 0.29) is 11.8 Å². The molecule has 0 unspecified atom stereocenters. The van der Waals surface area contributed by atoms with Crippen molar-refractivity contribution in [2.24, 2.45) is 5.92 Å². The molecule has 1 fully saturated rings. The summed E-state index contributed by atoms with van der Waals surface area (Å²) in [4.78, 5) is 14.5. The van der Waals surface area contributed by atoms with Crippen molar-refractivity contribution < 1.29 is 10.0 Å². The predicted molar refractivity (Wildman–Crippen MR) is 79.8 cm³/mol. The molecule has 110 valence electrons. The van der Waals surface area contributed by atoms with Gasteiger partial charge in [0, 0.05) is 12.1 Å². The van der Waals surface area contributed by atoms with Crippen LogP contribution >= 0.6 is 15.9 Å². The molecule has 6 nitrogen and oxygen atoms in total. The smallest absolute Gasteiger partial charge is 0.291 e. The Hall–Kier alpha value is -1.21. The molecule has 0 saturated heterocycles. The molecule has 0 aromatic carbocycles. The number of anilines is 1. The van der Waals surface area contributed by atoms with Gasteiger partial charge in [0.1, 0.15) is 12.0 Å². The molecule has 0 amide bonds. The van der Waals surface area contributed by atoms with Gasteiger partial charge in [-0.2, -0.15) is 0 Å². The summed E-state index contributed by atoms with van der Waals surface area (Å²) in [5.41, 5.74) is 0.592. The van der Waals surface area contributed by atoms with Gasteiger partial charge in [-0.25, -0.2) is 4.98 Å². The molecule has 1 aromatic heterocycles. The molecule has 2 N–H and O–H groups in total. The van der Waals surface area contributed by atoms with Gasteiger partial charge in [-0.1, -0.05) is 0 Å². The number of nitrogens with zero attached hydrogens (tertiary/aromatic N) is 2. The lowest BCUT2D eigenvalue weighted by Gasteiger charge is -2.25. The number of rotatable bonds is 4. The van der Waals surface area contributed by atoms with Gasteiger partial charge >= 0.3 is 0 Å². The highest BCUT2D eigenvalue weighted by Crippen LogP contribution is 2.31. The fraction of sp³-hybridized carbons (Fsp3) is 0.615. The van der Waals surface area contributed by atoms with E-state index < -0.39 is 4.92 Å². The summed E-state index contributed by atoms with van der Waals surface area (Å²) in [5.74, 6) is 1.15. The maximum Gasteiger partial charge on any atom is 0.291 e. The van der Waals surface area contributed by atoms with Crippen molar-refractivity contribution in [2.75, 3.05) is 11.9 Å². The average Bonchev–Trinajstić information content (AvgIpc) is 2.42. The van der Waals surface area contributed by atoms with E-state index in [4.69, 9.17) is 0 Å². The zero-order valence-corrected chi connectivity index (χ0v) is 12.9. The molecule has 0 bridgehead atoms. The van der Waals surface area contributed by atoms with E-state index in [9.17, 15) is 15.2 Å². The minimum absolute atomic E-state index is 0.0169. The first-order chi connectivity index (χ1) is 9.49. The van der Waals surface area contributed by atoms with Gasteiger partial charge in [-0.15, -0.1) is 0 Å². The Kier molecular flexibility index (Phi) is 4.93. The number of aliphatic hydroxyl groups excluding tert-OH is 1. The lowest BCUT2D eigenvalue weighted by atomic mass is 9.87. The Balaban J connectivity index is 2.00. The molecule has 0 aliphatic heterocycles. The first-order valence-electron chi connectivity index (χ1n) is 6.70. The summed E-state index contributed by atoms with van der Waals surface area (Å²) in [6.45, 7) is 2.47. The molecular weight excluding hydrogens is 326 g/mol. The third-order valence-corrected chi connectivity index (χ3v) is 4.78. The summed E-state index contributed by atoms with van der Waals surface area (Å²) >= 11 is 3.36. The van der Waals surface area contributed by atoms with E-state index in [2.05, 4.69) is 26.2 Å². The predicted octanol–water partition coefficient (Wildman–Crippen LogP) is 3.02. The second kappa shape index (κ2) is 6.49. The molecule has 0 radical (unpaired) electrons. The topological polar surface area (TPSA) is 88.3 Å². The third-order valence-electron chi connectivity index (χ3n) is 3.81. The van der Waals surface area contributed by atoms with Gasteiger partial charge in [-0.3, -0.25) is 10.1 Å². The largest absolute Gasteiger partial charge is 0.393 e. The molecule has 2 rings (SSSR count). The van der Waals surface area contributed by atoms with Gasteiger partial charge in [0.05, 0.1) is 15.5 Å². The second-order valence-corrected chi connectivity index (χ2v) is 6.04. The van der Waals surface area contributed by atoms with Crippen molar-refractivity contribution in [2.45, 2.75) is 38.7 Å². The number of pyridine rings is 1. The molecule has 0 atom stereocenters. The van der Waals surface area contributed by atoms with E-state index in [1.165, 1.54) is 6.20 Å². The van der Waals surface area contributed by atoms with Crippen LogP contribution in [0, 0.1) is 23.0 Å². The van der Waals surface area contributed by atoms with E-state index in [1.807, 2.05) is 0 Å². The van der Waals surface area contributed by atoms with Crippen LogP contribution in [0.4, 0.5) is 11.5 Å². The zero-order chi connectivity index (χ0) is 14.7. The van der Waals surface area contributed by atoms with Crippen LogP contribution in [0.25, 0.3) is 0 Å². The highest BCUT2D eigenvalue weighted by atomic mass is 79.9. The third kappa shape index (κ3) is 3.46. The van der Waals surface area contributed by atoms with E-state index in [0.29, 0.717) is 21.8 Å². The van der Waals surface area contributed by atoms with Crippen LogP contribution in [0.1, 0.15) is 31.2 Å². The van der Waals surface area contributed by atoms with E-state index >= 15 is 0 Å². The molecule has 1 aromatic rings. The fourth-order valence-electron chi connectivity index (χ4n) is 2.47. The van der Waals surface area contributed by atoms with Gasteiger partial charge in [0.2, 0.25) is 0 Å². The molecule has 20 heavy (non-hydrogen) atoms. The number of hydrogen-bond acceptors (Lipinski definition) is 5. The second-order valence-electron chi connectivity index (χ2n) is 5.24. The summed E-state index contributed by atoms with van der Waals surface area (Å²) in [6, 6.07) is 0. The Morgan fingerprint density at radius 1 is 1.50 bits per heavy atom. The number of hydrogen-bond donors (Lipinski definition) is 2. The summed E-state index contributed by atoms with van der Waals surface area (Å²) in [5, 5.41) is 23.5. The molecule has 0 spiro atoms. The molecule has 7 heteroatoms. The minimum atomic E-state index is -0.431. The lowest BCUT2D eigenvalue weighted by molar-refractivity contribution is -0.385. The van der Waals surface area contributed by atoms with E-state index in [0.717, 1.165) is 32.2 Å². The van der Waals surface area contributed by atoms with Crippen LogP contribution in [0.3, 0.4) is 0 Å².